The zero-order valence-corrected chi connectivity index (χ0v) is 17.5. The fourth-order valence-corrected chi connectivity index (χ4v) is 3.37. The highest BCUT2D eigenvalue weighted by molar-refractivity contribution is 5.76. The van der Waals surface area contributed by atoms with Gasteiger partial charge in [-0.05, 0) is 36.9 Å². The molecule has 2 aromatic carbocycles. The fraction of sp³-hybridized carbons (Fsp3) is 0.227. The van der Waals surface area contributed by atoms with Crippen molar-refractivity contribution in [1.29, 1.82) is 0 Å². The minimum Gasteiger partial charge on any atom is -0.493 e. The first-order valence-corrected chi connectivity index (χ1v) is 9.76. The van der Waals surface area contributed by atoms with Crippen LogP contribution in [0.15, 0.2) is 65.7 Å². The molecule has 0 aliphatic carbocycles. The second-order valence-corrected chi connectivity index (χ2v) is 7.18. The van der Waals surface area contributed by atoms with Crippen LogP contribution in [0, 0.1) is 0 Å². The lowest BCUT2D eigenvalue weighted by molar-refractivity contribution is -0.0512. The minimum absolute atomic E-state index is 0.0448. The van der Waals surface area contributed by atoms with Crippen LogP contribution in [-0.2, 0) is 13.2 Å². The van der Waals surface area contributed by atoms with E-state index in [9.17, 15) is 13.6 Å². The number of fused-ring (bicyclic) bond motifs is 1. The monoisotopic (exact) mass is 441 g/mol. The van der Waals surface area contributed by atoms with Crippen LogP contribution in [-0.4, -0.2) is 45.2 Å². The summed E-state index contributed by atoms with van der Waals surface area (Å²) in [6.07, 6.45) is 3.36. The van der Waals surface area contributed by atoms with Crippen LogP contribution in [0.3, 0.4) is 0 Å². The molecular weight excluding hydrogens is 420 g/mol. The number of ether oxygens (including phenoxy) is 2. The molecule has 0 saturated heterocycles. The van der Waals surface area contributed by atoms with Gasteiger partial charge in [0.2, 0.25) is 0 Å². The van der Waals surface area contributed by atoms with Crippen molar-refractivity contribution in [3.05, 3.63) is 76.8 Å². The molecule has 0 bridgehead atoms. The van der Waals surface area contributed by atoms with E-state index in [1.165, 1.54) is 17.9 Å². The molecule has 10 heteroatoms. The zero-order chi connectivity index (χ0) is 22.7. The molecule has 4 rings (SSSR count). The summed E-state index contributed by atoms with van der Waals surface area (Å²) in [7, 11) is 3.17. The molecule has 0 fully saturated rings. The molecule has 32 heavy (non-hydrogen) atoms. The Kier molecular flexibility index (Phi) is 6.13. The predicted octanol–water partition coefficient (Wildman–Crippen LogP) is 3.28. The third-order valence-corrected chi connectivity index (χ3v) is 4.81. The summed E-state index contributed by atoms with van der Waals surface area (Å²) in [5.74, 6) is 0.172. The molecule has 0 spiro atoms. The highest BCUT2D eigenvalue weighted by atomic mass is 19.3. The number of para-hydroxylation sites is 1. The molecule has 0 amide bonds. The summed E-state index contributed by atoms with van der Waals surface area (Å²) >= 11 is 0. The normalized spacial score (nSPS) is 11.4. The van der Waals surface area contributed by atoms with E-state index in [1.54, 1.807) is 36.3 Å². The molecule has 0 atom stereocenters. The molecule has 0 aliphatic heterocycles. The summed E-state index contributed by atoms with van der Waals surface area (Å²) in [6.45, 7) is -2.40. The maximum absolute atomic E-state index is 12.9. The number of rotatable bonds is 8. The number of alkyl halides is 2. The van der Waals surface area contributed by atoms with Crippen molar-refractivity contribution in [3.63, 3.8) is 0 Å². The van der Waals surface area contributed by atoms with Crippen LogP contribution >= 0.6 is 0 Å². The number of benzene rings is 2. The van der Waals surface area contributed by atoms with Gasteiger partial charge in [-0.25, -0.2) is 9.36 Å². The number of methoxy groups -OCH3 is 1. The van der Waals surface area contributed by atoms with E-state index in [0.29, 0.717) is 23.0 Å². The number of hydrogen-bond acceptors (Lipinski definition) is 6. The molecule has 2 aromatic heterocycles. The van der Waals surface area contributed by atoms with E-state index in [4.69, 9.17) is 4.74 Å². The average Bonchev–Trinajstić information content (AvgIpc) is 3.21. The van der Waals surface area contributed by atoms with Crippen LogP contribution in [0.2, 0.25) is 0 Å². The fourth-order valence-electron chi connectivity index (χ4n) is 3.37. The minimum atomic E-state index is -2.96. The van der Waals surface area contributed by atoms with Gasteiger partial charge in [-0.3, -0.25) is 9.69 Å². The van der Waals surface area contributed by atoms with E-state index < -0.39 is 6.61 Å². The Hall–Kier alpha value is -3.79. The Morgan fingerprint density at radius 2 is 1.91 bits per heavy atom. The summed E-state index contributed by atoms with van der Waals surface area (Å²) < 4.78 is 37.9. The van der Waals surface area contributed by atoms with Crippen LogP contribution < -0.4 is 15.0 Å². The van der Waals surface area contributed by atoms with Crippen molar-refractivity contribution < 1.29 is 18.3 Å². The molecule has 166 valence electrons. The molecule has 0 radical (unpaired) electrons. The van der Waals surface area contributed by atoms with Crippen molar-refractivity contribution in [3.8, 4) is 17.2 Å². The molecule has 8 nitrogen and oxygen atoms in total. The Bertz CT molecular complexity index is 1270. The van der Waals surface area contributed by atoms with Crippen molar-refractivity contribution in [1.82, 2.24) is 24.5 Å². The maximum atomic E-state index is 12.9. The first kappa shape index (κ1) is 21.4. The third kappa shape index (κ3) is 4.59. The maximum Gasteiger partial charge on any atom is 0.387 e. The van der Waals surface area contributed by atoms with Gasteiger partial charge in [-0.2, -0.15) is 19.0 Å². The van der Waals surface area contributed by atoms with Gasteiger partial charge in [-0.1, -0.05) is 24.3 Å². The van der Waals surface area contributed by atoms with Gasteiger partial charge < -0.3 is 9.47 Å². The van der Waals surface area contributed by atoms with Gasteiger partial charge in [0.05, 0.1) is 25.7 Å². The van der Waals surface area contributed by atoms with E-state index >= 15 is 0 Å². The number of halogens is 2. The summed E-state index contributed by atoms with van der Waals surface area (Å²) in [5.41, 5.74) is 1.55. The quantitative estimate of drug-likeness (QED) is 0.418. The summed E-state index contributed by atoms with van der Waals surface area (Å²) in [4.78, 5) is 14.7. The lowest BCUT2D eigenvalue weighted by Crippen LogP contribution is -2.31. The highest BCUT2D eigenvalue weighted by Crippen LogP contribution is 2.29. The third-order valence-electron chi connectivity index (χ3n) is 4.81. The summed E-state index contributed by atoms with van der Waals surface area (Å²) in [6, 6.07) is 14.3. The molecule has 2 heterocycles. The second kappa shape index (κ2) is 9.15. The van der Waals surface area contributed by atoms with E-state index in [2.05, 4.69) is 14.9 Å². The average molecular weight is 441 g/mol. The van der Waals surface area contributed by atoms with E-state index in [0.717, 1.165) is 5.69 Å². The van der Waals surface area contributed by atoms with E-state index in [1.807, 2.05) is 35.2 Å². The van der Waals surface area contributed by atoms with Crippen LogP contribution in [0.5, 0.6) is 11.5 Å². The number of nitrogens with zero attached hydrogens (tertiary/aromatic N) is 5. The second-order valence-electron chi connectivity index (χ2n) is 7.18. The summed E-state index contributed by atoms with van der Waals surface area (Å²) in [5, 5.41) is 9.30. The molecule has 0 aliphatic rings. The van der Waals surface area contributed by atoms with Crippen molar-refractivity contribution >= 4 is 10.9 Å². The lowest BCUT2D eigenvalue weighted by atomic mass is 10.2. The predicted molar refractivity (Wildman–Crippen MR) is 114 cm³/mol. The van der Waals surface area contributed by atoms with Crippen LogP contribution in [0.4, 0.5) is 8.78 Å². The molecule has 4 aromatic rings. The SMILES string of the molecule is COc1ccc(CN(C)Cn2ncc3cn(-c4ccccc4)nc3c2=O)cc1OC(F)F. The first-order valence-electron chi connectivity index (χ1n) is 9.76. The van der Waals surface area contributed by atoms with Crippen molar-refractivity contribution in [2.45, 2.75) is 19.8 Å². The largest absolute Gasteiger partial charge is 0.493 e. The van der Waals surface area contributed by atoms with Crippen LogP contribution in [0.1, 0.15) is 5.56 Å². The van der Waals surface area contributed by atoms with Gasteiger partial charge in [0.1, 0.15) is 0 Å². The number of hydrogen-bond donors (Lipinski definition) is 0. The highest BCUT2D eigenvalue weighted by Gasteiger charge is 2.14. The molecular formula is C22H21F2N5O3. The van der Waals surface area contributed by atoms with Gasteiger partial charge in [-0.15, -0.1) is 0 Å². The topological polar surface area (TPSA) is 74.4 Å². The molecule has 0 unspecified atom stereocenters. The van der Waals surface area contributed by atoms with Gasteiger partial charge in [0.15, 0.2) is 17.0 Å². The molecule has 0 N–H and O–H groups in total. The molecule has 0 saturated carbocycles. The van der Waals surface area contributed by atoms with Gasteiger partial charge in [0, 0.05) is 18.1 Å². The standard InChI is InChI=1S/C22H21F2N5O3/c1-27(12-15-8-9-18(31-2)19(10-15)32-22(23)24)14-29-21(30)20-16(11-25-29)13-28(26-20)17-6-4-3-5-7-17/h3-11,13,22H,12,14H2,1-2H3. The van der Waals surface area contributed by atoms with E-state index in [-0.39, 0.29) is 23.7 Å². The lowest BCUT2D eigenvalue weighted by Gasteiger charge is -2.18. The number of aromatic nitrogens is 4. The smallest absolute Gasteiger partial charge is 0.387 e. The van der Waals surface area contributed by atoms with Crippen LogP contribution in [0.25, 0.3) is 16.6 Å². The Balaban J connectivity index is 1.53. The Morgan fingerprint density at radius 1 is 1.12 bits per heavy atom. The van der Waals surface area contributed by atoms with Gasteiger partial charge >= 0.3 is 6.61 Å². The van der Waals surface area contributed by atoms with Crippen molar-refractivity contribution in [2.24, 2.45) is 0 Å². The van der Waals surface area contributed by atoms with Gasteiger partial charge in [0.25, 0.3) is 5.56 Å². The zero-order valence-electron chi connectivity index (χ0n) is 17.5. The van der Waals surface area contributed by atoms with Crippen molar-refractivity contribution in [2.75, 3.05) is 14.2 Å². The Labute approximate surface area is 182 Å². The first-order chi connectivity index (χ1) is 15.4. The Morgan fingerprint density at radius 3 is 2.62 bits per heavy atom.